The number of aromatic nitrogens is 4. The van der Waals surface area contributed by atoms with Gasteiger partial charge in [-0.2, -0.15) is 10.1 Å². The van der Waals surface area contributed by atoms with Crippen LogP contribution in [0.5, 0.6) is 0 Å². The van der Waals surface area contributed by atoms with Gasteiger partial charge in [0, 0.05) is 38.4 Å². The van der Waals surface area contributed by atoms with E-state index in [0.29, 0.717) is 5.02 Å². The number of nitrogens with zero attached hydrogens (tertiary/aromatic N) is 5. The van der Waals surface area contributed by atoms with E-state index in [1.54, 1.807) is 10.9 Å². The summed E-state index contributed by atoms with van der Waals surface area (Å²) in [6, 6.07) is 1.85. The molecule has 6 nitrogen and oxygen atoms in total. The highest BCUT2D eigenvalue weighted by molar-refractivity contribution is 6.31. The first-order chi connectivity index (χ1) is 9.66. The lowest BCUT2D eigenvalue weighted by atomic mass is 10.4. The van der Waals surface area contributed by atoms with Crippen molar-refractivity contribution in [3.63, 3.8) is 0 Å². The summed E-state index contributed by atoms with van der Waals surface area (Å²) in [5.41, 5.74) is 1.71. The average molecular weight is 293 g/mol. The number of hydrogen-bond donors (Lipinski definition) is 1. The predicted octanol–water partition coefficient (Wildman–Crippen LogP) is 1.34. The van der Waals surface area contributed by atoms with Crippen molar-refractivity contribution in [2.45, 2.75) is 13.8 Å². The number of hydrogen-bond acceptors (Lipinski definition) is 5. The Labute approximate surface area is 122 Å². The van der Waals surface area contributed by atoms with Crippen molar-refractivity contribution >= 4 is 17.5 Å². The second-order valence-electron chi connectivity index (χ2n) is 4.85. The number of rotatable bonds is 2. The van der Waals surface area contributed by atoms with Crippen LogP contribution in [-0.2, 0) is 0 Å². The van der Waals surface area contributed by atoms with E-state index in [1.807, 2.05) is 19.9 Å². The quantitative estimate of drug-likeness (QED) is 0.905. The standard InChI is InChI=1S/C13H17ClN6/c1-9-12(14)10(2)20(18-9)11-3-4-16-13(17-11)19-7-5-15-6-8-19/h3-4,15H,5-8H2,1-2H3. The van der Waals surface area contributed by atoms with Crippen molar-refractivity contribution in [2.24, 2.45) is 0 Å². The number of piperazine rings is 1. The number of nitrogens with one attached hydrogen (secondary N) is 1. The van der Waals surface area contributed by atoms with Crippen molar-refractivity contribution in [3.05, 3.63) is 28.7 Å². The van der Waals surface area contributed by atoms with Gasteiger partial charge in [-0.1, -0.05) is 11.6 Å². The van der Waals surface area contributed by atoms with Crippen LogP contribution in [0.4, 0.5) is 5.95 Å². The molecule has 1 saturated heterocycles. The fourth-order valence-electron chi connectivity index (χ4n) is 2.32. The Bertz CT molecular complexity index is 617. The van der Waals surface area contributed by atoms with E-state index < -0.39 is 0 Å². The molecular formula is C13H17ClN6. The molecule has 0 unspecified atom stereocenters. The van der Waals surface area contributed by atoms with Gasteiger partial charge in [0.05, 0.1) is 16.4 Å². The molecule has 0 spiro atoms. The topological polar surface area (TPSA) is 58.9 Å². The minimum Gasteiger partial charge on any atom is -0.338 e. The van der Waals surface area contributed by atoms with Crippen molar-refractivity contribution in [1.29, 1.82) is 0 Å². The minimum absolute atomic E-state index is 0.687. The van der Waals surface area contributed by atoms with Crippen LogP contribution < -0.4 is 10.2 Å². The molecule has 0 saturated carbocycles. The summed E-state index contributed by atoms with van der Waals surface area (Å²) in [5.74, 6) is 1.49. The number of aryl methyl sites for hydroxylation is 1. The van der Waals surface area contributed by atoms with Crippen LogP contribution in [0.2, 0.25) is 5.02 Å². The maximum Gasteiger partial charge on any atom is 0.227 e. The van der Waals surface area contributed by atoms with Crippen LogP contribution in [0.1, 0.15) is 11.4 Å². The summed E-state index contributed by atoms with van der Waals surface area (Å²) in [6.45, 7) is 7.58. The molecule has 7 heteroatoms. The summed E-state index contributed by atoms with van der Waals surface area (Å²) in [4.78, 5) is 11.1. The Balaban J connectivity index is 1.96. The SMILES string of the molecule is Cc1nn(-c2ccnc(N3CCNCC3)n2)c(C)c1Cl. The Morgan fingerprint density at radius 2 is 2.00 bits per heavy atom. The molecule has 0 aliphatic carbocycles. The Morgan fingerprint density at radius 1 is 1.25 bits per heavy atom. The van der Waals surface area contributed by atoms with E-state index in [9.17, 15) is 0 Å². The zero-order valence-corrected chi connectivity index (χ0v) is 12.4. The van der Waals surface area contributed by atoms with Crippen LogP contribution in [0.15, 0.2) is 12.3 Å². The molecule has 1 aliphatic heterocycles. The van der Waals surface area contributed by atoms with Crippen LogP contribution in [-0.4, -0.2) is 45.9 Å². The van der Waals surface area contributed by atoms with Gasteiger partial charge < -0.3 is 10.2 Å². The van der Waals surface area contributed by atoms with Gasteiger partial charge in [0.2, 0.25) is 5.95 Å². The predicted molar refractivity (Wildman–Crippen MR) is 78.7 cm³/mol. The van der Waals surface area contributed by atoms with E-state index >= 15 is 0 Å². The molecule has 1 N–H and O–H groups in total. The Kier molecular flexibility index (Phi) is 3.58. The third-order valence-corrected chi connectivity index (χ3v) is 4.00. The molecule has 3 heterocycles. The van der Waals surface area contributed by atoms with Gasteiger partial charge in [-0.25, -0.2) is 9.67 Å². The van der Waals surface area contributed by atoms with E-state index in [4.69, 9.17) is 11.6 Å². The largest absolute Gasteiger partial charge is 0.338 e. The van der Waals surface area contributed by atoms with Gasteiger partial charge in [0.15, 0.2) is 5.82 Å². The Morgan fingerprint density at radius 3 is 2.65 bits per heavy atom. The molecule has 0 radical (unpaired) electrons. The maximum absolute atomic E-state index is 6.19. The van der Waals surface area contributed by atoms with Gasteiger partial charge in [-0.05, 0) is 13.8 Å². The zero-order valence-electron chi connectivity index (χ0n) is 11.6. The van der Waals surface area contributed by atoms with E-state index in [2.05, 4.69) is 25.3 Å². The summed E-state index contributed by atoms with van der Waals surface area (Å²) in [5, 5.41) is 8.44. The molecule has 2 aromatic heterocycles. The lowest BCUT2D eigenvalue weighted by molar-refractivity contribution is 0.579. The second-order valence-corrected chi connectivity index (χ2v) is 5.23. The third kappa shape index (κ3) is 2.36. The highest BCUT2D eigenvalue weighted by Crippen LogP contribution is 2.22. The first-order valence-electron chi connectivity index (χ1n) is 6.67. The molecule has 2 aromatic rings. The van der Waals surface area contributed by atoms with Crippen LogP contribution in [0.3, 0.4) is 0 Å². The molecule has 0 aromatic carbocycles. The fourth-order valence-corrected chi connectivity index (χ4v) is 2.44. The molecule has 0 bridgehead atoms. The van der Waals surface area contributed by atoms with Crippen molar-refractivity contribution in [3.8, 4) is 5.82 Å². The van der Waals surface area contributed by atoms with Crippen molar-refractivity contribution < 1.29 is 0 Å². The van der Waals surface area contributed by atoms with Crippen molar-refractivity contribution in [2.75, 3.05) is 31.1 Å². The molecule has 3 rings (SSSR count). The molecule has 106 valence electrons. The molecule has 0 amide bonds. The highest BCUT2D eigenvalue weighted by atomic mass is 35.5. The highest BCUT2D eigenvalue weighted by Gasteiger charge is 2.16. The lowest BCUT2D eigenvalue weighted by Gasteiger charge is -2.27. The molecule has 1 aliphatic rings. The summed E-state index contributed by atoms with van der Waals surface area (Å²) in [6.07, 6.45) is 1.77. The van der Waals surface area contributed by atoms with Gasteiger partial charge in [0.25, 0.3) is 0 Å². The Hall–Kier alpha value is -1.66. The molecule has 1 fully saturated rings. The molecular weight excluding hydrogens is 276 g/mol. The first kappa shape index (κ1) is 13.3. The van der Waals surface area contributed by atoms with E-state index in [0.717, 1.165) is 49.3 Å². The molecule has 0 atom stereocenters. The third-order valence-electron chi connectivity index (χ3n) is 3.45. The monoisotopic (exact) mass is 292 g/mol. The van der Waals surface area contributed by atoms with Gasteiger partial charge in [0.1, 0.15) is 0 Å². The fraction of sp³-hybridized carbons (Fsp3) is 0.462. The molecule has 20 heavy (non-hydrogen) atoms. The normalized spacial score (nSPS) is 15.7. The minimum atomic E-state index is 0.687. The van der Waals surface area contributed by atoms with Gasteiger partial charge in [-0.3, -0.25) is 0 Å². The number of anilines is 1. The van der Waals surface area contributed by atoms with Crippen molar-refractivity contribution in [1.82, 2.24) is 25.1 Å². The summed E-state index contributed by atoms with van der Waals surface area (Å²) >= 11 is 6.19. The van der Waals surface area contributed by atoms with Gasteiger partial charge in [-0.15, -0.1) is 0 Å². The second kappa shape index (κ2) is 5.38. The summed E-state index contributed by atoms with van der Waals surface area (Å²) < 4.78 is 1.77. The van der Waals surface area contributed by atoms with Crippen LogP contribution in [0, 0.1) is 13.8 Å². The zero-order chi connectivity index (χ0) is 14.1. The van der Waals surface area contributed by atoms with Crippen LogP contribution in [0.25, 0.3) is 5.82 Å². The smallest absolute Gasteiger partial charge is 0.227 e. The van der Waals surface area contributed by atoms with Gasteiger partial charge >= 0.3 is 0 Å². The average Bonchev–Trinajstić information content (AvgIpc) is 2.76. The summed E-state index contributed by atoms with van der Waals surface area (Å²) in [7, 11) is 0. The van der Waals surface area contributed by atoms with Crippen LogP contribution >= 0.6 is 11.6 Å². The number of halogens is 1. The first-order valence-corrected chi connectivity index (χ1v) is 7.05. The van der Waals surface area contributed by atoms with E-state index in [1.165, 1.54) is 0 Å². The van der Waals surface area contributed by atoms with E-state index in [-0.39, 0.29) is 0 Å². The maximum atomic E-state index is 6.19. The lowest BCUT2D eigenvalue weighted by Crippen LogP contribution is -2.44.